The van der Waals surface area contributed by atoms with Gasteiger partial charge in [0.15, 0.2) is 0 Å². The van der Waals surface area contributed by atoms with Crippen LogP contribution in [0.15, 0.2) is 42.9 Å². The highest BCUT2D eigenvalue weighted by molar-refractivity contribution is 5.79. The Labute approximate surface area is 148 Å². The number of aromatic nitrogens is 2. The van der Waals surface area contributed by atoms with Gasteiger partial charge >= 0.3 is 6.18 Å². The maximum absolute atomic E-state index is 12.6. The summed E-state index contributed by atoms with van der Waals surface area (Å²) in [6.07, 6.45) is 1.72. The monoisotopic (exact) mass is 365 g/mol. The fourth-order valence-electron chi connectivity index (χ4n) is 2.88. The van der Waals surface area contributed by atoms with E-state index in [1.54, 1.807) is 11.1 Å². The Morgan fingerprint density at radius 1 is 1.23 bits per heavy atom. The second-order valence-electron chi connectivity index (χ2n) is 6.14. The maximum Gasteiger partial charge on any atom is 0.416 e. The van der Waals surface area contributed by atoms with Gasteiger partial charge in [0.05, 0.1) is 24.7 Å². The van der Waals surface area contributed by atoms with Gasteiger partial charge in [-0.1, -0.05) is 12.1 Å². The third kappa shape index (κ3) is 4.71. The molecule has 5 nitrogen and oxygen atoms in total. The number of halogens is 3. The molecule has 1 atom stereocenters. The van der Waals surface area contributed by atoms with Crippen molar-refractivity contribution in [1.82, 2.24) is 14.9 Å². The Morgan fingerprint density at radius 2 is 2.00 bits per heavy atom. The fourth-order valence-corrected chi connectivity index (χ4v) is 2.88. The van der Waals surface area contributed by atoms with Gasteiger partial charge in [-0.3, -0.25) is 9.78 Å². The van der Waals surface area contributed by atoms with Gasteiger partial charge in [-0.05, 0) is 30.5 Å². The quantitative estimate of drug-likeness (QED) is 0.836. The molecule has 1 fully saturated rings. The summed E-state index contributed by atoms with van der Waals surface area (Å²) in [6, 6.07) is 4.69. The van der Waals surface area contributed by atoms with Gasteiger partial charge in [-0.15, -0.1) is 0 Å². The van der Waals surface area contributed by atoms with Crippen LogP contribution in [0.2, 0.25) is 0 Å². The molecule has 0 aliphatic carbocycles. The molecule has 1 aliphatic rings. The van der Waals surface area contributed by atoms with Crippen molar-refractivity contribution >= 4 is 5.91 Å². The molecular formula is C18H18F3N3O2. The molecule has 0 bridgehead atoms. The van der Waals surface area contributed by atoms with Crippen molar-refractivity contribution in [2.45, 2.75) is 31.5 Å². The van der Waals surface area contributed by atoms with Crippen molar-refractivity contribution in [3.63, 3.8) is 0 Å². The number of carbonyl (C=O) groups is 1. The zero-order valence-electron chi connectivity index (χ0n) is 13.9. The van der Waals surface area contributed by atoms with Crippen LogP contribution in [0, 0.1) is 0 Å². The molecule has 0 radical (unpaired) electrons. The molecule has 3 rings (SSSR count). The lowest BCUT2D eigenvalue weighted by molar-refractivity contribution is -0.137. The molecule has 1 aromatic carbocycles. The average molecular weight is 365 g/mol. The zero-order chi connectivity index (χ0) is 18.6. The minimum atomic E-state index is -4.37. The van der Waals surface area contributed by atoms with Crippen molar-refractivity contribution in [3.05, 3.63) is 54.0 Å². The van der Waals surface area contributed by atoms with Crippen LogP contribution in [0.25, 0.3) is 0 Å². The molecule has 8 heteroatoms. The van der Waals surface area contributed by atoms with E-state index in [1.165, 1.54) is 24.5 Å². The van der Waals surface area contributed by atoms with Crippen molar-refractivity contribution in [2.24, 2.45) is 0 Å². The standard InChI is InChI=1S/C18H18F3N3O2/c19-18(20,21)14-5-3-13(4-6-14)10-17(25)24-9-1-2-15(12-24)26-16-11-22-7-8-23-16/h3-8,11,15H,1-2,9-10,12H2. The van der Waals surface area contributed by atoms with E-state index in [2.05, 4.69) is 9.97 Å². The minimum absolute atomic E-state index is 0.0655. The number of benzene rings is 1. The highest BCUT2D eigenvalue weighted by Crippen LogP contribution is 2.29. The summed E-state index contributed by atoms with van der Waals surface area (Å²) >= 11 is 0. The van der Waals surface area contributed by atoms with E-state index in [0.29, 0.717) is 24.5 Å². The Hall–Kier alpha value is -2.64. The van der Waals surface area contributed by atoms with Gasteiger partial charge < -0.3 is 9.64 Å². The first-order chi connectivity index (χ1) is 12.4. The van der Waals surface area contributed by atoms with E-state index in [1.807, 2.05) is 0 Å². The van der Waals surface area contributed by atoms with Crippen molar-refractivity contribution in [2.75, 3.05) is 13.1 Å². The van der Waals surface area contributed by atoms with E-state index >= 15 is 0 Å². The Morgan fingerprint density at radius 3 is 2.65 bits per heavy atom. The molecule has 138 valence electrons. The predicted molar refractivity (Wildman–Crippen MR) is 87.4 cm³/mol. The number of carbonyl (C=O) groups excluding carboxylic acids is 1. The lowest BCUT2D eigenvalue weighted by atomic mass is 10.1. The molecule has 1 amide bonds. The first-order valence-corrected chi connectivity index (χ1v) is 8.28. The number of likely N-dealkylation sites (tertiary alicyclic amines) is 1. The van der Waals surface area contributed by atoms with Gasteiger partial charge in [0.2, 0.25) is 11.8 Å². The SMILES string of the molecule is O=C(Cc1ccc(C(F)(F)F)cc1)N1CCCC(Oc2cnccn2)C1. The lowest BCUT2D eigenvalue weighted by Crippen LogP contribution is -2.45. The van der Waals surface area contributed by atoms with E-state index in [-0.39, 0.29) is 18.4 Å². The minimum Gasteiger partial charge on any atom is -0.471 e. The highest BCUT2D eigenvalue weighted by Gasteiger charge is 2.30. The number of nitrogens with zero attached hydrogens (tertiary/aromatic N) is 3. The van der Waals surface area contributed by atoms with Crippen LogP contribution in [0.3, 0.4) is 0 Å². The second kappa shape index (κ2) is 7.72. The predicted octanol–water partition coefficient (Wildman–Crippen LogP) is 3.11. The summed E-state index contributed by atoms with van der Waals surface area (Å²) in [4.78, 5) is 22.1. The normalized spacial score (nSPS) is 17.8. The van der Waals surface area contributed by atoms with Gasteiger partial charge in [0.1, 0.15) is 6.10 Å². The number of ether oxygens (including phenoxy) is 1. The van der Waals surface area contributed by atoms with Crippen LogP contribution in [0.4, 0.5) is 13.2 Å². The number of hydrogen-bond donors (Lipinski definition) is 0. The summed E-state index contributed by atoms with van der Waals surface area (Å²) < 4.78 is 43.5. The third-order valence-corrected chi connectivity index (χ3v) is 4.19. The molecule has 0 N–H and O–H groups in total. The molecule has 2 aromatic rings. The molecule has 1 unspecified atom stereocenters. The number of rotatable bonds is 4. The average Bonchev–Trinajstić information content (AvgIpc) is 2.62. The summed E-state index contributed by atoms with van der Waals surface area (Å²) in [5.41, 5.74) is -0.163. The topological polar surface area (TPSA) is 55.3 Å². The first kappa shape index (κ1) is 18.2. The van der Waals surface area contributed by atoms with Crippen molar-refractivity contribution < 1.29 is 22.7 Å². The van der Waals surface area contributed by atoms with Gasteiger partial charge in [0, 0.05) is 18.9 Å². The third-order valence-electron chi connectivity index (χ3n) is 4.19. The first-order valence-electron chi connectivity index (χ1n) is 8.28. The lowest BCUT2D eigenvalue weighted by Gasteiger charge is -2.32. The molecule has 2 heterocycles. The summed E-state index contributed by atoms with van der Waals surface area (Å²) in [5, 5.41) is 0. The van der Waals surface area contributed by atoms with Crippen molar-refractivity contribution in [1.29, 1.82) is 0 Å². The van der Waals surface area contributed by atoms with Crippen LogP contribution in [-0.4, -0.2) is 40.0 Å². The van der Waals surface area contributed by atoms with E-state index in [9.17, 15) is 18.0 Å². The molecule has 1 saturated heterocycles. The number of piperidine rings is 1. The molecule has 0 saturated carbocycles. The molecule has 26 heavy (non-hydrogen) atoms. The van der Waals surface area contributed by atoms with Crippen LogP contribution < -0.4 is 4.74 Å². The zero-order valence-corrected chi connectivity index (χ0v) is 13.9. The molecule has 1 aromatic heterocycles. The van der Waals surface area contributed by atoms with Gasteiger partial charge in [-0.2, -0.15) is 13.2 Å². The maximum atomic E-state index is 12.6. The van der Waals surface area contributed by atoms with Crippen LogP contribution in [0.1, 0.15) is 24.0 Å². The van der Waals surface area contributed by atoms with Crippen LogP contribution in [-0.2, 0) is 17.4 Å². The van der Waals surface area contributed by atoms with E-state index in [4.69, 9.17) is 4.74 Å². The smallest absolute Gasteiger partial charge is 0.416 e. The fraction of sp³-hybridized carbons (Fsp3) is 0.389. The van der Waals surface area contributed by atoms with Crippen molar-refractivity contribution in [3.8, 4) is 5.88 Å². The Kier molecular flexibility index (Phi) is 5.39. The Balaban J connectivity index is 1.57. The molecule has 1 aliphatic heterocycles. The molecule has 0 spiro atoms. The largest absolute Gasteiger partial charge is 0.471 e. The van der Waals surface area contributed by atoms with E-state index < -0.39 is 11.7 Å². The number of alkyl halides is 3. The number of amides is 1. The van der Waals surface area contributed by atoms with Gasteiger partial charge in [0.25, 0.3) is 0 Å². The molecular weight excluding hydrogens is 347 g/mol. The highest BCUT2D eigenvalue weighted by atomic mass is 19.4. The summed E-state index contributed by atoms with van der Waals surface area (Å²) in [7, 11) is 0. The van der Waals surface area contributed by atoms with Crippen LogP contribution in [0.5, 0.6) is 5.88 Å². The Bertz CT molecular complexity index is 736. The van der Waals surface area contributed by atoms with Crippen LogP contribution >= 0.6 is 0 Å². The summed E-state index contributed by atoms with van der Waals surface area (Å²) in [6.45, 7) is 1.04. The summed E-state index contributed by atoms with van der Waals surface area (Å²) in [5.74, 6) is 0.284. The van der Waals surface area contributed by atoms with E-state index in [0.717, 1.165) is 25.0 Å². The number of hydrogen-bond acceptors (Lipinski definition) is 4. The second-order valence-corrected chi connectivity index (χ2v) is 6.14. The van der Waals surface area contributed by atoms with Gasteiger partial charge in [-0.25, -0.2) is 4.98 Å².